The Morgan fingerprint density at radius 2 is 1.55 bits per heavy atom. The Balaban J connectivity index is 2.10. The zero-order valence-corrected chi connectivity index (χ0v) is 11.1. The summed E-state index contributed by atoms with van der Waals surface area (Å²) in [5.74, 6) is 0. The van der Waals surface area contributed by atoms with Crippen LogP contribution in [0.4, 0.5) is 17.1 Å². The van der Waals surface area contributed by atoms with E-state index >= 15 is 0 Å². The molecular weight excluding hydrogens is 280 g/mol. The molecule has 6 nitrogen and oxygen atoms in total. The quantitative estimate of drug-likeness (QED) is 0.738. The number of fused-ring (bicyclic) bond motifs is 2. The molecule has 104 valence electrons. The van der Waals surface area contributed by atoms with E-state index in [1.165, 1.54) is 0 Å². The van der Waals surface area contributed by atoms with Gasteiger partial charge in [0.15, 0.2) is 6.23 Å². The number of rotatable bonds is 2. The standard InChI is InChI=1S/C13H12N2O4S/c16-20(17,18)19-13-9-5-1-2-6-10(9)14-11-7-3-4-8-12(11)15-13/h1-8,13-15H,(H,16,17,18). The van der Waals surface area contributed by atoms with Crippen molar-refractivity contribution in [2.24, 2.45) is 0 Å². The van der Waals surface area contributed by atoms with Crippen LogP contribution < -0.4 is 10.6 Å². The number of hydrogen-bond donors (Lipinski definition) is 3. The predicted molar refractivity (Wildman–Crippen MR) is 75.2 cm³/mol. The highest BCUT2D eigenvalue weighted by Gasteiger charge is 2.25. The van der Waals surface area contributed by atoms with Crippen LogP contribution in [-0.4, -0.2) is 13.0 Å². The number of hydrogen-bond acceptors (Lipinski definition) is 5. The van der Waals surface area contributed by atoms with Gasteiger partial charge in [-0.05, 0) is 18.2 Å². The minimum absolute atomic E-state index is 0.585. The van der Waals surface area contributed by atoms with Gasteiger partial charge in [0.1, 0.15) is 0 Å². The average molecular weight is 292 g/mol. The third-order valence-corrected chi connectivity index (χ3v) is 3.38. The average Bonchev–Trinajstić information content (AvgIpc) is 2.53. The first-order chi connectivity index (χ1) is 9.53. The van der Waals surface area contributed by atoms with E-state index in [1.54, 1.807) is 24.3 Å². The lowest BCUT2D eigenvalue weighted by Gasteiger charge is -2.17. The smallest absolute Gasteiger partial charge is 0.354 e. The summed E-state index contributed by atoms with van der Waals surface area (Å²) in [6.45, 7) is 0. The van der Waals surface area contributed by atoms with Crippen molar-refractivity contribution in [3.63, 3.8) is 0 Å². The van der Waals surface area contributed by atoms with Crippen LogP contribution in [-0.2, 0) is 14.6 Å². The molecule has 3 N–H and O–H groups in total. The van der Waals surface area contributed by atoms with Crippen molar-refractivity contribution >= 4 is 27.5 Å². The molecule has 7 heteroatoms. The van der Waals surface area contributed by atoms with Gasteiger partial charge in [-0.1, -0.05) is 30.3 Å². The SMILES string of the molecule is O=S(=O)(O)OC1Nc2ccccc2Nc2ccccc21. The molecule has 0 fully saturated rings. The van der Waals surface area contributed by atoms with E-state index in [0.29, 0.717) is 16.9 Å². The summed E-state index contributed by atoms with van der Waals surface area (Å²) in [7, 11) is -4.58. The number of nitrogens with one attached hydrogen (secondary N) is 2. The largest absolute Gasteiger partial charge is 0.399 e. The molecule has 1 atom stereocenters. The molecule has 0 saturated heterocycles. The molecule has 2 aromatic carbocycles. The molecule has 0 amide bonds. The Labute approximate surface area is 116 Å². The fraction of sp³-hybridized carbons (Fsp3) is 0.0769. The van der Waals surface area contributed by atoms with Crippen molar-refractivity contribution in [1.82, 2.24) is 0 Å². The molecule has 2 aromatic rings. The van der Waals surface area contributed by atoms with Gasteiger partial charge < -0.3 is 10.6 Å². The van der Waals surface area contributed by atoms with Crippen molar-refractivity contribution in [2.75, 3.05) is 10.6 Å². The van der Waals surface area contributed by atoms with E-state index in [4.69, 9.17) is 8.74 Å². The third-order valence-electron chi connectivity index (χ3n) is 2.94. The normalized spacial score (nSPS) is 17.1. The van der Waals surface area contributed by atoms with Crippen molar-refractivity contribution < 1.29 is 17.2 Å². The van der Waals surface area contributed by atoms with E-state index in [0.717, 1.165) is 5.69 Å². The highest BCUT2D eigenvalue weighted by Crippen LogP contribution is 2.37. The first-order valence-electron chi connectivity index (χ1n) is 5.90. The minimum atomic E-state index is -4.58. The zero-order valence-electron chi connectivity index (χ0n) is 10.3. The molecule has 1 aliphatic heterocycles. The van der Waals surface area contributed by atoms with Crippen LogP contribution in [0.2, 0.25) is 0 Å². The topological polar surface area (TPSA) is 87.7 Å². The second-order valence-corrected chi connectivity index (χ2v) is 5.35. The van der Waals surface area contributed by atoms with E-state index < -0.39 is 16.6 Å². The van der Waals surface area contributed by atoms with Crippen molar-refractivity contribution in [3.05, 3.63) is 54.1 Å². The fourth-order valence-corrected chi connectivity index (χ4v) is 2.51. The molecule has 1 aliphatic rings. The molecule has 0 spiro atoms. The number of para-hydroxylation sites is 3. The van der Waals surface area contributed by atoms with Crippen LogP contribution in [0.25, 0.3) is 0 Å². The highest BCUT2D eigenvalue weighted by atomic mass is 32.3. The van der Waals surface area contributed by atoms with Gasteiger partial charge in [0.05, 0.1) is 11.4 Å². The molecule has 3 rings (SSSR count). The van der Waals surface area contributed by atoms with Gasteiger partial charge in [-0.2, -0.15) is 8.42 Å². The molecule has 0 aromatic heterocycles. The second-order valence-electron chi connectivity index (χ2n) is 4.31. The van der Waals surface area contributed by atoms with Crippen LogP contribution in [0.5, 0.6) is 0 Å². The van der Waals surface area contributed by atoms with Gasteiger partial charge in [-0.15, -0.1) is 0 Å². The predicted octanol–water partition coefficient (Wildman–Crippen LogP) is 2.67. The Bertz CT molecular complexity index is 746. The maximum absolute atomic E-state index is 11.0. The Morgan fingerprint density at radius 3 is 2.25 bits per heavy atom. The Kier molecular flexibility index (Phi) is 3.09. The number of anilines is 3. The molecule has 0 saturated carbocycles. The van der Waals surface area contributed by atoms with Gasteiger partial charge in [0.25, 0.3) is 0 Å². The minimum Gasteiger partial charge on any atom is -0.354 e. The lowest BCUT2D eigenvalue weighted by molar-refractivity contribution is 0.208. The molecule has 0 radical (unpaired) electrons. The number of benzene rings is 2. The van der Waals surface area contributed by atoms with Gasteiger partial charge in [-0.3, -0.25) is 4.55 Å². The second kappa shape index (κ2) is 4.78. The van der Waals surface area contributed by atoms with E-state index in [9.17, 15) is 8.42 Å². The van der Waals surface area contributed by atoms with Crippen LogP contribution in [0.3, 0.4) is 0 Å². The molecular formula is C13H12N2O4S. The van der Waals surface area contributed by atoms with Gasteiger partial charge in [-0.25, -0.2) is 4.18 Å². The summed E-state index contributed by atoms with van der Waals surface area (Å²) in [6.07, 6.45) is -1.00. The Hall–Kier alpha value is -2.09. The molecule has 20 heavy (non-hydrogen) atoms. The summed E-state index contributed by atoms with van der Waals surface area (Å²) in [4.78, 5) is 0. The van der Waals surface area contributed by atoms with Crippen LogP contribution in [0, 0.1) is 0 Å². The summed E-state index contributed by atoms with van der Waals surface area (Å²) < 4.78 is 35.7. The summed E-state index contributed by atoms with van der Waals surface area (Å²) in [5.41, 5.74) is 2.76. The van der Waals surface area contributed by atoms with Crippen molar-refractivity contribution in [3.8, 4) is 0 Å². The summed E-state index contributed by atoms with van der Waals surface area (Å²) in [5, 5.41) is 6.15. The highest BCUT2D eigenvalue weighted by molar-refractivity contribution is 7.80. The molecule has 1 unspecified atom stereocenters. The van der Waals surface area contributed by atoms with Crippen LogP contribution in [0.1, 0.15) is 11.8 Å². The van der Waals surface area contributed by atoms with Crippen molar-refractivity contribution in [2.45, 2.75) is 6.23 Å². The maximum atomic E-state index is 11.0. The Morgan fingerprint density at radius 1 is 0.950 bits per heavy atom. The summed E-state index contributed by atoms with van der Waals surface area (Å²) in [6, 6.07) is 14.4. The molecule has 0 aliphatic carbocycles. The van der Waals surface area contributed by atoms with Crippen molar-refractivity contribution in [1.29, 1.82) is 0 Å². The van der Waals surface area contributed by atoms with Gasteiger partial charge in [0.2, 0.25) is 0 Å². The summed E-state index contributed by atoms with van der Waals surface area (Å²) >= 11 is 0. The lowest BCUT2D eigenvalue weighted by atomic mass is 10.1. The first-order valence-corrected chi connectivity index (χ1v) is 7.27. The van der Waals surface area contributed by atoms with Crippen LogP contribution in [0.15, 0.2) is 48.5 Å². The van der Waals surface area contributed by atoms with Gasteiger partial charge in [0, 0.05) is 11.3 Å². The first kappa shape index (κ1) is 12.9. The van der Waals surface area contributed by atoms with Gasteiger partial charge >= 0.3 is 10.4 Å². The lowest BCUT2D eigenvalue weighted by Crippen LogP contribution is -2.18. The zero-order chi connectivity index (χ0) is 14.2. The molecule has 1 heterocycles. The van der Waals surface area contributed by atoms with E-state index in [-0.39, 0.29) is 0 Å². The monoisotopic (exact) mass is 292 g/mol. The fourth-order valence-electron chi connectivity index (χ4n) is 2.12. The third kappa shape index (κ3) is 2.60. The molecule has 0 bridgehead atoms. The van der Waals surface area contributed by atoms with E-state index in [1.807, 2.05) is 24.3 Å². The maximum Gasteiger partial charge on any atom is 0.399 e. The van der Waals surface area contributed by atoms with Crippen LogP contribution >= 0.6 is 0 Å². The van der Waals surface area contributed by atoms with E-state index in [2.05, 4.69) is 10.6 Å².